The molecule has 7 nitrogen and oxygen atoms in total. The number of benzene rings is 1. The number of rotatable bonds is 6. The second-order valence-electron chi connectivity index (χ2n) is 5.88. The first-order chi connectivity index (χ1) is 11.6. The first kappa shape index (κ1) is 16.3. The number of nitrogens with one attached hydrogen (secondary N) is 1. The fourth-order valence-electron chi connectivity index (χ4n) is 2.57. The van der Waals surface area contributed by atoms with Gasteiger partial charge in [-0.15, -0.1) is 0 Å². The fourth-order valence-corrected chi connectivity index (χ4v) is 2.57. The van der Waals surface area contributed by atoms with Gasteiger partial charge in [-0.1, -0.05) is 11.6 Å². The third-order valence-corrected chi connectivity index (χ3v) is 4.29. The summed E-state index contributed by atoms with van der Waals surface area (Å²) in [7, 11) is 3.15. The van der Waals surface area contributed by atoms with Gasteiger partial charge in [0.2, 0.25) is 17.6 Å². The van der Waals surface area contributed by atoms with Crippen molar-refractivity contribution in [2.75, 3.05) is 14.2 Å². The van der Waals surface area contributed by atoms with E-state index in [4.69, 9.17) is 14.0 Å². The van der Waals surface area contributed by atoms with Crippen molar-refractivity contribution >= 4 is 5.91 Å². The largest absolute Gasteiger partial charge is 0.493 e. The predicted octanol–water partition coefficient (Wildman–Crippen LogP) is 2.73. The summed E-state index contributed by atoms with van der Waals surface area (Å²) in [6.07, 6.45) is 3.04. The number of methoxy groups -OCH3 is 2. The molecule has 1 aromatic heterocycles. The third kappa shape index (κ3) is 3.20. The second-order valence-corrected chi connectivity index (χ2v) is 5.88. The van der Waals surface area contributed by atoms with E-state index in [9.17, 15) is 4.79 Å². The molecule has 0 unspecified atom stereocenters. The van der Waals surface area contributed by atoms with Gasteiger partial charge in [-0.2, -0.15) is 4.98 Å². The highest BCUT2D eigenvalue weighted by molar-refractivity contribution is 5.79. The third-order valence-electron chi connectivity index (χ3n) is 4.29. The summed E-state index contributed by atoms with van der Waals surface area (Å²) in [6.45, 7) is 1.84. The molecule has 0 bridgehead atoms. The smallest absolute Gasteiger partial charge is 0.249 e. The number of ether oxygens (including phenoxy) is 2. The Kier molecular flexibility index (Phi) is 4.69. The van der Waals surface area contributed by atoms with Crippen molar-refractivity contribution in [1.82, 2.24) is 15.5 Å². The van der Waals surface area contributed by atoms with Crippen molar-refractivity contribution in [1.29, 1.82) is 0 Å². The molecule has 3 rings (SSSR count). The number of nitrogens with zero attached hydrogens (tertiary/aromatic N) is 2. The van der Waals surface area contributed by atoms with Crippen LogP contribution in [0.3, 0.4) is 0 Å². The average molecular weight is 331 g/mol. The Morgan fingerprint density at radius 1 is 1.29 bits per heavy atom. The Morgan fingerprint density at radius 3 is 2.67 bits per heavy atom. The van der Waals surface area contributed by atoms with Crippen molar-refractivity contribution in [2.24, 2.45) is 5.92 Å². The van der Waals surface area contributed by atoms with Crippen molar-refractivity contribution in [3.63, 3.8) is 0 Å². The quantitative estimate of drug-likeness (QED) is 0.876. The average Bonchev–Trinajstić information content (AvgIpc) is 3.02. The van der Waals surface area contributed by atoms with E-state index in [-0.39, 0.29) is 17.9 Å². The molecule has 0 aliphatic heterocycles. The minimum atomic E-state index is -0.320. The second kappa shape index (κ2) is 6.90. The fraction of sp³-hybridized carbons (Fsp3) is 0.471. The topological polar surface area (TPSA) is 86.5 Å². The molecule has 0 radical (unpaired) electrons. The van der Waals surface area contributed by atoms with Gasteiger partial charge in [0.05, 0.1) is 14.2 Å². The number of carbonyl (C=O) groups excluding carboxylic acids is 1. The molecule has 7 heteroatoms. The molecule has 2 aromatic rings. The SMILES string of the molecule is COc1ccc(-c2noc([C@@H](C)NC(=O)C3CCC3)n2)cc1OC. The summed E-state index contributed by atoms with van der Waals surface area (Å²) in [6, 6.07) is 5.07. The Balaban J connectivity index is 1.73. The number of aromatic nitrogens is 2. The maximum absolute atomic E-state index is 12.0. The Hall–Kier alpha value is -2.57. The van der Waals surface area contributed by atoms with Crippen LogP contribution in [0.25, 0.3) is 11.4 Å². The van der Waals surface area contributed by atoms with Crippen LogP contribution in [0.2, 0.25) is 0 Å². The monoisotopic (exact) mass is 331 g/mol. The lowest BCUT2D eigenvalue weighted by atomic mass is 9.84. The predicted molar refractivity (Wildman–Crippen MR) is 86.7 cm³/mol. The van der Waals surface area contributed by atoms with E-state index in [1.54, 1.807) is 26.4 Å². The molecule has 1 atom stereocenters. The zero-order valence-electron chi connectivity index (χ0n) is 14.0. The summed E-state index contributed by atoms with van der Waals surface area (Å²) in [4.78, 5) is 16.4. The molecule has 1 saturated carbocycles. The van der Waals surface area contributed by atoms with Gasteiger partial charge in [0, 0.05) is 11.5 Å². The van der Waals surface area contributed by atoms with E-state index in [1.807, 2.05) is 13.0 Å². The lowest BCUT2D eigenvalue weighted by Crippen LogP contribution is -2.36. The molecule has 1 aliphatic carbocycles. The van der Waals surface area contributed by atoms with E-state index < -0.39 is 0 Å². The Bertz CT molecular complexity index is 724. The van der Waals surface area contributed by atoms with Crippen molar-refractivity contribution in [3.05, 3.63) is 24.1 Å². The van der Waals surface area contributed by atoms with E-state index >= 15 is 0 Å². The van der Waals surface area contributed by atoms with Crippen LogP contribution in [-0.4, -0.2) is 30.3 Å². The molecule has 0 saturated heterocycles. The van der Waals surface area contributed by atoms with E-state index in [0.29, 0.717) is 23.2 Å². The molecule has 1 aliphatic rings. The molecule has 128 valence electrons. The zero-order chi connectivity index (χ0) is 17.1. The summed E-state index contributed by atoms with van der Waals surface area (Å²) < 4.78 is 15.8. The summed E-state index contributed by atoms with van der Waals surface area (Å²) in [5.41, 5.74) is 0.750. The van der Waals surface area contributed by atoms with Crippen LogP contribution in [0.5, 0.6) is 11.5 Å². The van der Waals surface area contributed by atoms with E-state index in [2.05, 4.69) is 15.5 Å². The number of carbonyl (C=O) groups is 1. The minimum Gasteiger partial charge on any atom is -0.493 e. The molecular formula is C17H21N3O4. The first-order valence-electron chi connectivity index (χ1n) is 7.98. The van der Waals surface area contributed by atoms with Crippen molar-refractivity contribution in [3.8, 4) is 22.9 Å². The summed E-state index contributed by atoms with van der Waals surface area (Å²) in [5, 5.41) is 6.91. The van der Waals surface area contributed by atoms with Gasteiger partial charge in [0.25, 0.3) is 0 Å². The maximum atomic E-state index is 12.0. The lowest BCUT2D eigenvalue weighted by Gasteiger charge is -2.25. The van der Waals surface area contributed by atoms with E-state index in [1.165, 1.54) is 0 Å². The van der Waals surface area contributed by atoms with Crippen LogP contribution in [0.15, 0.2) is 22.7 Å². The van der Waals surface area contributed by atoms with E-state index in [0.717, 1.165) is 24.8 Å². The molecular weight excluding hydrogens is 310 g/mol. The molecule has 1 fully saturated rings. The van der Waals surface area contributed by atoms with Gasteiger partial charge in [-0.3, -0.25) is 4.79 Å². The van der Waals surface area contributed by atoms with Crippen LogP contribution in [0, 0.1) is 5.92 Å². The standard InChI is InChI=1S/C17H21N3O4/c1-10(18-16(21)11-5-4-6-11)17-19-15(20-24-17)12-7-8-13(22-2)14(9-12)23-3/h7-11H,4-6H2,1-3H3,(H,18,21)/t10-/m1/s1. The van der Waals surface area contributed by atoms with Gasteiger partial charge in [0.15, 0.2) is 11.5 Å². The van der Waals surface area contributed by atoms with Gasteiger partial charge < -0.3 is 19.3 Å². The normalized spacial score (nSPS) is 15.5. The van der Waals surface area contributed by atoms with Gasteiger partial charge in [-0.05, 0) is 38.0 Å². The Labute approximate surface area is 140 Å². The lowest BCUT2D eigenvalue weighted by molar-refractivity contribution is -0.128. The van der Waals surface area contributed by atoms with Crippen LogP contribution in [-0.2, 0) is 4.79 Å². The highest BCUT2D eigenvalue weighted by atomic mass is 16.5. The highest BCUT2D eigenvalue weighted by Gasteiger charge is 2.27. The summed E-state index contributed by atoms with van der Waals surface area (Å²) >= 11 is 0. The molecule has 1 amide bonds. The number of hydrogen-bond donors (Lipinski definition) is 1. The van der Waals surface area contributed by atoms with Crippen molar-refractivity contribution < 1.29 is 18.8 Å². The highest BCUT2D eigenvalue weighted by Crippen LogP contribution is 2.31. The number of hydrogen-bond acceptors (Lipinski definition) is 6. The van der Waals surface area contributed by atoms with Crippen LogP contribution < -0.4 is 14.8 Å². The van der Waals surface area contributed by atoms with Gasteiger partial charge in [0.1, 0.15) is 6.04 Å². The molecule has 1 heterocycles. The summed E-state index contributed by atoms with van der Waals surface area (Å²) in [5.74, 6) is 2.22. The molecule has 1 N–H and O–H groups in total. The molecule has 1 aromatic carbocycles. The van der Waals surface area contributed by atoms with Crippen LogP contribution in [0.4, 0.5) is 0 Å². The van der Waals surface area contributed by atoms with Gasteiger partial charge in [-0.25, -0.2) is 0 Å². The number of amides is 1. The first-order valence-corrected chi connectivity index (χ1v) is 7.98. The Morgan fingerprint density at radius 2 is 2.04 bits per heavy atom. The zero-order valence-corrected chi connectivity index (χ0v) is 14.0. The van der Waals surface area contributed by atoms with Crippen molar-refractivity contribution in [2.45, 2.75) is 32.2 Å². The minimum absolute atomic E-state index is 0.0552. The molecule has 24 heavy (non-hydrogen) atoms. The maximum Gasteiger partial charge on any atom is 0.249 e. The molecule has 0 spiro atoms. The van der Waals surface area contributed by atoms with Gasteiger partial charge >= 0.3 is 0 Å². The van der Waals surface area contributed by atoms with Crippen LogP contribution in [0.1, 0.15) is 38.1 Å². The van der Waals surface area contributed by atoms with Crippen LogP contribution >= 0.6 is 0 Å².